The quantitative estimate of drug-likeness (QED) is 0.693. The van der Waals surface area contributed by atoms with Crippen LogP contribution in [0, 0.1) is 13.8 Å². The minimum Gasteiger partial charge on any atom is -0.459 e. The molecular formula is C19H18N2O3. The molecule has 2 aromatic heterocycles. The van der Waals surface area contributed by atoms with Crippen molar-refractivity contribution in [3.63, 3.8) is 0 Å². The van der Waals surface area contributed by atoms with Crippen LogP contribution in [-0.4, -0.2) is 15.4 Å². The van der Waals surface area contributed by atoms with Gasteiger partial charge in [0.25, 0.3) is 5.56 Å². The Morgan fingerprint density at radius 2 is 1.96 bits per heavy atom. The van der Waals surface area contributed by atoms with Crippen molar-refractivity contribution in [2.75, 3.05) is 0 Å². The standard InChI is InChI=1S/C19H18N2O3/c1-13-7-8-17-20-16(10-18(22)21(17)11-13)12-24-19(23)9-15-6-4-3-5-14(15)2/h3-8,10-11H,9,12H2,1-2H3. The molecule has 1 aromatic carbocycles. The van der Waals surface area contributed by atoms with E-state index in [9.17, 15) is 9.59 Å². The van der Waals surface area contributed by atoms with Crippen LogP contribution in [0.15, 0.2) is 53.5 Å². The Labute approximate surface area is 139 Å². The Morgan fingerprint density at radius 1 is 1.17 bits per heavy atom. The third kappa shape index (κ3) is 3.51. The number of hydrogen-bond acceptors (Lipinski definition) is 4. The fourth-order valence-corrected chi connectivity index (χ4v) is 2.50. The first-order chi connectivity index (χ1) is 11.5. The second-order valence-corrected chi connectivity index (χ2v) is 5.78. The molecule has 0 amide bonds. The first-order valence-electron chi connectivity index (χ1n) is 7.72. The topological polar surface area (TPSA) is 60.7 Å². The van der Waals surface area contributed by atoms with Crippen LogP contribution < -0.4 is 5.56 Å². The van der Waals surface area contributed by atoms with Crippen LogP contribution in [0.5, 0.6) is 0 Å². The highest BCUT2D eigenvalue weighted by molar-refractivity contribution is 5.73. The van der Waals surface area contributed by atoms with E-state index in [1.807, 2.05) is 44.2 Å². The van der Waals surface area contributed by atoms with Crippen molar-refractivity contribution in [3.05, 3.63) is 81.4 Å². The summed E-state index contributed by atoms with van der Waals surface area (Å²) in [4.78, 5) is 28.5. The second kappa shape index (κ2) is 6.66. The van der Waals surface area contributed by atoms with Crippen LogP contribution in [0.3, 0.4) is 0 Å². The summed E-state index contributed by atoms with van der Waals surface area (Å²) in [5.74, 6) is -0.338. The van der Waals surface area contributed by atoms with Crippen LogP contribution in [0.25, 0.3) is 5.65 Å². The number of nitrogens with zero attached hydrogens (tertiary/aromatic N) is 2. The molecule has 0 unspecified atom stereocenters. The predicted molar refractivity (Wildman–Crippen MR) is 90.9 cm³/mol. The van der Waals surface area contributed by atoms with E-state index < -0.39 is 0 Å². The van der Waals surface area contributed by atoms with Crippen LogP contribution in [-0.2, 0) is 22.6 Å². The van der Waals surface area contributed by atoms with Gasteiger partial charge >= 0.3 is 5.97 Å². The predicted octanol–water partition coefficient (Wildman–Crippen LogP) is 2.60. The van der Waals surface area contributed by atoms with Crippen LogP contribution in [0.2, 0.25) is 0 Å². The van der Waals surface area contributed by atoms with E-state index in [2.05, 4.69) is 4.98 Å². The lowest BCUT2D eigenvalue weighted by molar-refractivity contribution is -0.144. The van der Waals surface area contributed by atoms with E-state index in [0.29, 0.717) is 11.3 Å². The Morgan fingerprint density at radius 3 is 2.75 bits per heavy atom. The smallest absolute Gasteiger partial charge is 0.310 e. The molecule has 2 heterocycles. The maximum atomic E-state index is 12.1. The van der Waals surface area contributed by atoms with Crippen LogP contribution in [0.4, 0.5) is 0 Å². The summed E-state index contributed by atoms with van der Waals surface area (Å²) in [6.45, 7) is 3.86. The number of aromatic nitrogens is 2. The normalized spacial score (nSPS) is 10.8. The number of ether oxygens (including phenoxy) is 1. The number of carbonyl (C=O) groups excluding carboxylic acids is 1. The lowest BCUT2D eigenvalue weighted by Crippen LogP contribution is -2.17. The average Bonchev–Trinajstić information content (AvgIpc) is 2.56. The first-order valence-corrected chi connectivity index (χ1v) is 7.72. The van der Waals surface area contributed by atoms with Gasteiger partial charge in [-0.3, -0.25) is 14.0 Å². The van der Waals surface area contributed by atoms with Gasteiger partial charge in [-0.05, 0) is 36.6 Å². The molecule has 5 heteroatoms. The molecule has 3 aromatic rings. The summed E-state index contributed by atoms with van der Waals surface area (Å²) >= 11 is 0. The summed E-state index contributed by atoms with van der Waals surface area (Å²) < 4.78 is 6.75. The minimum absolute atomic E-state index is 0.00959. The Hall–Kier alpha value is -2.95. The number of rotatable bonds is 4. The largest absolute Gasteiger partial charge is 0.459 e. The molecule has 0 aliphatic rings. The zero-order valence-electron chi connectivity index (χ0n) is 13.7. The second-order valence-electron chi connectivity index (χ2n) is 5.78. The summed E-state index contributed by atoms with van der Waals surface area (Å²) in [6, 6.07) is 12.7. The highest BCUT2D eigenvalue weighted by atomic mass is 16.5. The zero-order valence-corrected chi connectivity index (χ0v) is 13.7. The summed E-state index contributed by atoms with van der Waals surface area (Å²) in [5, 5.41) is 0. The van der Waals surface area contributed by atoms with Gasteiger partial charge in [-0.2, -0.15) is 0 Å². The van der Waals surface area contributed by atoms with Gasteiger partial charge in [-0.15, -0.1) is 0 Å². The molecule has 3 rings (SSSR count). The molecule has 0 aliphatic carbocycles. The molecule has 0 fully saturated rings. The molecule has 0 saturated carbocycles. The maximum absolute atomic E-state index is 12.1. The van der Waals surface area contributed by atoms with Crippen molar-refractivity contribution in [1.82, 2.24) is 9.38 Å². The van der Waals surface area contributed by atoms with Gasteiger partial charge in [0.15, 0.2) is 0 Å². The molecule has 122 valence electrons. The zero-order chi connectivity index (χ0) is 17.1. The third-order valence-electron chi connectivity index (χ3n) is 3.84. The molecule has 0 bridgehead atoms. The van der Waals surface area contributed by atoms with E-state index in [-0.39, 0.29) is 24.6 Å². The number of fused-ring (bicyclic) bond motifs is 1. The van der Waals surface area contributed by atoms with Crippen LogP contribution in [0.1, 0.15) is 22.4 Å². The first kappa shape index (κ1) is 15.9. The lowest BCUT2D eigenvalue weighted by atomic mass is 10.1. The van der Waals surface area contributed by atoms with Gasteiger partial charge < -0.3 is 4.74 Å². The molecule has 0 radical (unpaired) electrons. The van der Waals surface area contributed by atoms with Crippen molar-refractivity contribution in [2.45, 2.75) is 26.9 Å². The Balaban J connectivity index is 1.71. The molecule has 5 nitrogen and oxygen atoms in total. The van der Waals surface area contributed by atoms with E-state index in [1.165, 1.54) is 10.5 Å². The fourth-order valence-electron chi connectivity index (χ4n) is 2.50. The van der Waals surface area contributed by atoms with Gasteiger partial charge in [-0.1, -0.05) is 30.3 Å². The summed E-state index contributed by atoms with van der Waals surface area (Å²) in [7, 11) is 0. The Bertz CT molecular complexity index is 960. The molecule has 0 N–H and O–H groups in total. The monoisotopic (exact) mass is 322 g/mol. The molecule has 24 heavy (non-hydrogen) atoms. The summed E-state index contributed by atoms with van der Waals surface area (Å²) in [5.41, 5.74) is 3.76. The van der Waals surface area contributed by atoms with E-state index in [1.54, 1.807) is 12.3 Å². The van der Waals surface area contributed by atoms with E-state index in [4.69, 9.17) is 4.74 Å². The van der Waals surface area contributed by atoms with Gasteiger partial charge in [-0.25, -0.2) is 4.98 Å². The maximum Gasteiger partial charge on any atom is 0.310 e. The molecular weight excluding hydrogens is 304 g/mol. The van der Waals surface area contributed by atoms with Crippen molar-refractivity contribution in [2.24, 2.45) is 0 Å². The molecule has 0 aliphatic heterocycles. The number of carbonyl (C=O) groups is 1. The molecule has 0 saturated heterocycles. The van der Waals surface area contributed by atoms with E-state index >= 15 is 0 Å². The highest BCUT2D eigenvalue weighted by Crippen LogP contribution is 2.09. The van der Waals surface area contributed by atoms with E-state index in [0.717, 1.165) is 16.7 Å². The van der Waals surface area contributed by atoms with Gasteiger partial charge in [0.05, 0.1) is 12.1 Å². The SMILES string of the molecule is Cc1ccc2nc(COC(=O)Cc3ccccc3C)cc(=O)n2c1. The molecule has 0 atom stereocenters. The average molecular weight is 322 g/mol. The fraction of sp³-hybridized carbons (Fsp3) is 0.211. The van der Waals surface area contributed by atoms with Crippen molar-refractivity contribution in [3.8, 4) is 0 Å². The number of benzene rings is 1. The number of esters is 1. The van der Waals surface area contributed by atoms with Crippen molar-refractivity contribution < 1.29 is 9.53 Å². The number of hydrogen-bond donors (Lipinski definition) is 0. The highest BCUT2D eigenvalue weighted by Gasteiger charge is 2.09. The lowest BCUT2D eigenvalue weighted by Gasteiger charge is -2.08. The third-order valence-corrected chi connectivity index (χ3v) is 3.84. The van der Waals surface area contributed by atoms with Gasteiger partial charge in [0.1, 0.15) is 12.3 Å². The van der Waals surface area contributed by atoms with Crippen LogP contribution >= 0.6 is 0 Å². The van der Waals surface area contributed by atoms with Gasteiger partial charge in [0.2, 0.25) is 0 Å². The Kier molecular flexibility index (Phi) is 4.42. The number of aryl methyl sites for hydroxylation is 2. The summed E-state index contributed by atoms with van der Waals surface area (Å²) in [6.07, 6.45) is 1.94. The number of pyridine rings is 1. The minimum atomic E-state index is -0.338. The van der Waals surface area contributed by atoms with Crippen molar-refractivity contribution in [1.29, 1.82) is 0 Å². The van der Waals surface area contributed by atoms with Crippen molar-refractivity contribution >= 4 is 11.6 Å². The van der Waals surface area contributed by atoms with Gasteiger partial charge in [0, 0.05) is 12.3 Å². The molecule has 0 spiro atoms.